The van der Waals surface area contributed by atoms with E-state index in [1.165, 1.54) is 0 Å². The van der Waals surface area contributed by atoms with Gasteiger partial charge in [-0.15, -0.1) is 0 Å². The predicted octanol–water partition coefficient (Wildman–Crippen LogP) is 0.637. The fourth-order valence-electron chi connectivity index (χ4n) is 1.39. The van der Waals surface area contributed by atoms with Crippen molar-refractivity contribution < 1.29 is 9.26 Å². The zero-order chi connectivity index (χ0) is 8.39. The van der Waals surface area contributed by atoms with Gasteiger partial charge in [-0.05, 0) is 6.42 Å². The molecule has 0 radical (unpaired) electrons. The van der Waals surface area contributed by atoms with Gasteiger partial charge in [-0.3, -0.25) is 0 Å². The van der Waals surface area contributed by atoms with E-state index in [4.69, 9.17) is 15.0 Å². The topological polar surface area (TPSA) is 61.3 Å². The molecule has 2 heterocycles. The molecule has 2 N–H and O–H groups in total. The van der Waals surface area contributed by atoms with Crippen LogP contribution in [0, 0.1) is 0 Å². The number of rotatable bonds is 2. The van der Waals surface area contributed by atoms with E-state index in [1.54, 1.807) is 0 Å². The molecule has 0 aliphatic carbocycles. The monoisotopic (exact) mass is 168 g/mol. The van der Waals surface area contributed by atoms with Crippen molar-refractivity contribution >= 4 is 0 Å². The lowest BCUT2D eigenvalue weighted by Gasteiger charge is -1.98. The molecule has 0 aromatic carbocycles. The third-order valence-corrected chi connectivity index (χ3v) is 2.13. The lowest BCUT2D eigenvalue weighted by atomic mass is 10.1. The maximum Gasteiger partial charge on any atom is 0.150 e. The standard InChI is InChI=1S/C8H12N2O2/c9-4-7-3-8(10-12-7)6-1-2-11-5-6/h3,6H,1-2,4-5,9H2. The Morgan fingerprint density at radius 3 is 3.17 bits per heavy atom. The molecule has 1 atom stereocenters. The summed E-state index contributed by atoms with van der Waals surface area (Å²) >= 11 is 0. The molecule has 0 saturated carbocycles. The molecule has 1 aromatic heterocycles. The number of nitrogens with zero attached hydrogens (tertiary/aromatic N) is 1. The van der Waals surface area contributed by atoms with Crippen LogP contribution in [-0.4, -0.2) is 18.4 Å². The number of hydrogen-bond donors (Lipinski definition) is 1. The van der Waals surface area contributed by atoms with E-state index in [-0.39, 0.29) is 0 Å². The van der Waals surface area contributed by atoms with Crippen LogP contribution >= 0.6 is 0 Å². The Balaban J connectivity index is 2.11. The summed E-state index contributed by atoms with van der Waals surface area (Å²) in [6.45, 7) is 2.01. The van der Waals surface area contributed by atoms with Crippen LogP contribution in [0.5, 0.6) is 0 Å². The first kappa shape index (κ1) is 7.76. The van der Waals surface area contributed by atoms with Gasteiger partial charge in [-0.2, -0.15) is 0 Å². The minimum absolute atomic E-state index is 0.411. The van der Waals surface area contributed by atoms with Crippen molar-refractivity contribution in [3.63, 3.8) is 0 Å². The Labute approximate surface area is 70.7 Å². The summed E-state index contributed by atoms with van der Waals surface area (Å²) in [6.07, 6.45) is 1.04. The summed E-state index contributed by atoms with van der Waals surface area (Å²) in [6, 6.07) is 1.92. The van der Waals surface area contributed by atoms with Gasteiger partial charge in [0.05, 0.1) is 18.8 Å². The highest BCUT2D eigenvalue weighted by molar-refractivity contribution is 5.11. The van der Waals surface area contributed by atoms with Crippen LogP contribution < -0.4 is 5.73 Å². The summed E-state index contributed by atoms with van der Waals surface area (Å²) in [5.74, 6) is 1.16. The first-order chi connectivity index (χ1) is 5.90. The molecule has 1 aliphatic rings. The molecule has 4 heteroatoms. The molecule has 1 fully saturated rings. The molecule has 1 aromatic rings. The van der Waals surface area contributed by atoms with Gasteiger partial charge in [0.25, 0.3) is 0 Å². The Bertz CT molecular complexity index is 253. The maximum atomic E-state index is 5.40. The van der Waals surface area contributed by atoms with Crippen LogP contribution in [0.15, 0.2) is 10.6 Å². The number of aromatic nitrogens is 1. The third-order valence-electron chi connectivity index (χ3n) is 2.13. The minimum atomic E-state index is 0.411. The van der Waals surface area contributed by atoms with Crippen molar-refractivity contribution in [2.24, 2.45) is 5.73 Å². The van der Waals surface area contributed by atoms with Crippen LogP contribution in [-0.2, 0) is 11.3 Å². The van der Waals surface area contributed by atoms with Crippen molar-refractivity contribution in [3.8, 4) is 0 Å². The van der Waals surface area contributed by atoms with Crippen molar-refractivity contribution in [2.75, 3.05) is 13.2 Å². The molecule has 4 nitrogen and oxygen atoms in total. The van der Waals surface area contributed by atoms with Crippen LogP contribution in [0.4, 0.5) is 0 Å². The fraction of sp³-hybridized carbons (Fsp3) is 0.625. The molecule has 1 aliphatic heterocycles. The summed E-state index contributed by atoms with van der Waals surface area (Å²) in [7, 11) is 0. The van der Waals surface area contributed by atoms with E-state index < -0.39 is 0 Å². The Morgan fingerprint density at radius 2 is 2.58 bits per heavy atom. The largest absolute Gasteiger partial charge is 0.381 e. The summed E-state index contributed by atoms with van der Waals surface area (Å²) < 4.78 is 10.2. The Morgan fingerprint density at radius 1 is 1.67 bits per heavy atom. The highest BCUT2D eigenvalue weighted by atomic mass is 16.5. The quantitative estimate of drug-likeness (QED) is 0.703. The SMILES string of the molecule is NCc1cc(C2CCOC2)no1. The molecule has 0 bridgehead atoms. The number of ether oxygens (including phenoxy) is 1. The summed E-state index contributed by atoms with van der Waals surface area (Å²) in [5, 5.41) is 3.93. The van der Waals surface area contributed by atoms with Crippen LogP contribution in [0.25, 0.3) is 0 Å². The van der Waals surface area contributed by atoms with Gasteiger partial charge >= 0.3 is 0 Å². The molecule has 1 unspecified atom stereocenters. The van der Waals surface area contributed by atoms with E-state index in [0.717, 1.165) is 31.1 Å². The smallest absolute Gasteiger partial charge is 0.150 e. The molecular formula is C8H12N2O2. The van der Waals surface area contributed by atoms with Gasteiger partial charge < -0.3 is 15.0 Å². The third kappa shape index (κ3) is 1.35. The van der Waals surface area contributed by atoms with E-state index in [0.29, 0.717) is 12.5 Å². The predicted molar refractivity (Wildman–Crippen MR) is 42.6 cm³/mol. The zero-order valence-electron chi connectivity index (χ0n) is 6.82. The summed E-state index contributed by atoms with van der Waals surface area (Å²) in [4.78, 5) is 0. The highest BCUT2D eigenvalue weighted by Crippen LogP contribution is 2.24. The number of nitrogens with two attached hydrogens (primary N) is 1. The van der Waals surface area contributed by atoms with E-state index in [9.17, 15) is 0 Å². The lowest BCUT2D eigenvalue weighted by molar-refractivity contribution is 0.193. The molecule has 0 spiro atoms. The molecule has 0 amide bonds. The van der Waals surface area contributed by atoms with E-state index >= 15 is 0 Å². The average Bonchev–Trinajstić information content (AvgIpc) is 2.75. The van der Waals surface area contributed by atoms with Gasteiger partial charge in [-0.1, -0.05) is 5.16 Å². The average molecular weight is 168 g/mol. The van der Waals surface area contributed by atoms with Crippen LogP contribution in [0.2, 0.25) is 0 Å². The van der Waals surface area contributed by atoms with Crippen molar-refractivity contribution in [1.82, 2.24) is 5.16 Å². The lowest BCUT2D eigenvalue weighted by Crippen LogP contribution is -1.97. The zero-order valence-corrected chi connectivity index (χ0v) is 6.82. The molecule has 12 heavy (non-hydrogen) atoms. The second-order valence-corrected chi connectivity index (χ2v) is 2.98. The van der Waals surface area contributed by atoms with Gasteiger partial charge in [0, 0.05) is 18.6 Å². The highest BCUT2D eigenvalue weighted by Gasteiger charge is 2.20. The maximum absolute atomic E-state index is 5.40. The van der Waals surface area contributed by atoms with Gasteiger partial charge in [0.1, 0.15) is 0 Å². The second-order valence-electron chi connectivity index (χ2n) is 2.98. The molecule has 1 saturated heterocycles. The van der Waals surface area contributed by atoms with E-state index in [2.05, 4.69) is 5.16 Å². The molecule has 2 rings (SSSR count). The van der Waals surface area contributed by atoms with Crippen molar-refractivity contribution in [3.05, 3.63) is 17.5 Å². The second kappa shape index (κ2) is 3.25. The normalized spacial score (nSPS) is 23.2. The Kier molecular flexibility index (Phi) is 2.10. The first-order valence-corrected chi connectivity index (χ1v) is 4.13. The molecular weight excluding hydrogens is 156 g/mol. The van der Waals surface area contributed by atoms with Crippen LogP contribution in [0.1, 0.15) is 23.8 Å². The van der Waals surface area contributed by atoms with Crippen molar-refractivity contribution in [2.45, 2.75) is 18.9 Å². The van der Waals surface area contributed by atoms with E-state index in [1.807, 2.05) is 6.07 Å². The Hall–Kier alpha value is -0.870. The van der Waals surface area contributed by atoms with Gasteiger partial charge in [0.2, 0.25) is 0 Å². The van der Waals surface area contributed by atoms with Crippen molar-refractivity contribution in [1.29, 1.82) is 0 Å². The first-order valence-electron chi connectivity index (χ1n) is 4.13. The summed E-state index contributed by atoms with van der Waals surface area (Å²) in [5.41, 5.74) is 6.38. The van der Waals surface area contributed by atoms with Crippen LogP contribution in [0.3, 0.4) is 0 Å². The van der Waals surface area contributed by atoms with Gasteiger partial charge in [-0.25, -0.2) is 0 Å². The fourth-order valence-corrected chi connectivity index (χ4v) is 1.39. The number of hydrogen-bond acceptors (Lipinski definition) is 4. The molecule has 66 valence electrons. The minimum Gasteiger partial charge on any atom is -0.381 e. The van der Waals surface area contributed by atoms with Gasteiger partial charge in [0.15, 0.2) is 5.76 Å².